The van der Waals surface area contributed by atoms with Crippen LogP contribution in [0.5, 0.6) is 17.2 Å². The Morgan fingerprint density at radius 2 is 1.74 bits per heavy atom. The minimum absolute atomic E-state index is 0.117. The largest absolute Gasteiger partial charge is 0.492 e. The Kier molecular flexibility index (Phi) is 4.57. The molecule has 0 bridgehead atoms. The lowest BCUT2D eigenvalue weighted by Crippen LogP contribution is -2.40. The summed E-state index contributed by atoms with van der Waals surface area (Å²) >= 11 is 0. The molecule has 0 N–H and O–H groups in total. The van der Waals surface area contributed by atoms with E-state index in [-0.39, 0.29) is 5.41 Å². The van der Waals surface area contributed by atoms with Crippen LogP contribution in [-0.2, 0) is 5.41 Å². The zero-order chi connectivity index (χ0) is 21.0. The van der Waals surface area contributed by atoms with E-state index in [2.05, 4.69) is 54.0 Å². The molecule has 2 aromatic rings. The number of anilines is 1. The summed E-state index contributed by atoms with van der Waals surface area (Å²) in [5.74, 6) is 3.42. The number of likely N-dealkylation sites (tertiary alicyclic amines) is 1. The highest BCUT2D eigenvalue weighted by Crippen LogP contribution is 2.54. The highest BCUT2D eigenvalue weighted by Gasteiger charge is 2.50. The summed E-state index contributed by atoms with van der Waals surface area (Å²) in [6.07, 6.45) is 3.92. The fraction of sp³-hybridized carbons (Fsp3) is 0.538. The van der Waals surface area contributed by atoms with Crippen LogP contribution in [0.2, 0.25) is 0 Å². The van der Waals surface area contributed by atoms with Crippen LogP contribution in [0.4, 0.5) is 5.69 Å². The van der Waals surface area contributed by atoms with Gasteiger partial charge in [-0.1, -0.05) is 18.2 Å². The first kappa shape index (κ1) is 19.3. The average molecular weight is 421 g/mol. The van der Waals surface area contributed by atoms with E-state index in [0.717, 1.165) is 36.3 Å². The standard InChI is InChI=1S/C26H32N2O3/c1-18(2)27-10-7-19(8-11-27)9-12-28-15-26(20-5-3-4-6-22(20)28)16-29-23-14-25-24(13-21(23)26)30-17-31-25/h3-6,13-14,18-19H,7-12,15-17H2,1-2H3. The molecule has 1 spiro atoms. The van der Waals surface area contributed by atoms with E-state index in [1.54, 1.807) is 0 Å². The second-order valence-corrected chi connectivity index (χ2v) is 9.87. The molecule has 6 rings (SSSR count). The van der Waals surface area contributed by atoms with Gasteiger partial charge in [0.1, 0.15) is 12.4 Å². The monoisotopic (exact) mass is 420 g/mol. The van der Waals surface area contributed by atoms with E-state index < -0.39 is 0 Å². The summed E-state index contributed by atoms with van der Waals surface area (Å²) in [6, 6.07) is 13.8. The molecule has 0 saturated carbocycles. The zero-order valence-corrected chi connectivity index (χ0v) is 18.6. The number of hydrogen-bond donors (Lipinski definition) is 0. The first-order valence-corrected chi connectivity index (χ1v) is 11.8. The summed E-state index contributed by atoms with van der Waals surface area (Å²) in [6.45, 7) is 10.2. The van der Waals surface area contributed by atoms with Crippen molar-refractivity contribution in [1.29, 1.82) is 0 Å². The second kappa shape index (κ2) is 7.33. The predicted octanol–water partition coefficient (Wildman–Crippen LogP) is 4.42. The summed E-state index contributed by atoms with van der Waals surface area (Å²) < 4.78 is 17.5. The van der Waals surface area contributed by atoms with Crippen LogP contribution in [0.25, 0.3) is 0 Å². The molecule has 2 aromatic carbocycles. The summed E-state index contributed by atoms with van der Waals surface area (Å²) in [5, 5.41) is 0. The first-order chi connectivity index (χ1) is 15.1. The van der Waals surface area contributed by atoms with Gasteiger partial charge in [0.25, 0.3) is 0 Å². The van der Waals surface area contributed by atoms with Gasteiger partial charge in [-0.3, -0.25) is 0 Å². The van der Waals surface area contributed by atoms with Gasteiger partial charge >= 0.3 is 0 Å². The molecule has 1 saturated heterocycles. The van der Waals surface area contributed by atoms with Gasteiger partial charge in [-0.2, -0.15) is 0 Å². The van der Waals surface area contributed by atoms with E-state index >= 15 is 0 Å². The van der Waals surface area contributed by atoms with E-state index in [9.17, 15) is 0 Å². The SMILES string of the molecule is CC(C)N1CCC(CCN2CC3(COc4cc5c(cc43)OCO5)c3ccccc32)CC1. The maximum absolute atomic E-state index is 6.23. The fourth-order valence-electron chi connectivity index (χ4n) is 6.00. The normalized spacial score (nSPS) is 24.7. The molecule has 31 heavy (non-hydrogen) atoms. The Bertz CT molecular complexity index is 983. The van der Waals surface area contributed by atoms with Crippen molar-refractivity contribution in [2.24, 2.45) is 5.92 Å². The number of rotatable bonds is 4. The van der Waals surface area contributed by atoms with Gasteiger partial charge < -0.3 is 24.0 Å². The van der Waals surface area contributed by atoms with Crippen molar-refractivity contribution in [3.8, 4) is 17.2 Å². The Hall–Kier alpha value is -2.40. The molecule has 0 radical (unpaired) electrons. The van der Waals surface area contributed by atoms with Crippen molar-refractivity contribution >= 4 is 5.69 Å². The lowest BCUT2D eigenvalue weighted by atomic mass is 9.77. The Balaban J connectivity index is 1.24. The van der Waals surface area contributed by atoms with Crippen molar-refractivity contribution in [1.82, 2.24) is 4.90 Å². The number of hydrogen-bond acceptors (Lipinski definition) is 5. The second-order valence-electron chi connectivity index (χ2n) is 9.87. The third-order valence-electron chi connectivity index (χ3n) is 7.87. The van der Waals surface area contributed by atoms with Gasteiger partial charge in [0.15, 0.2) is 11.5 Å². The van der Waals surface area contributed by atoms with Crippen LogP contribution in [0.15, 0.2) is 36.4 Å². The van der Waals surface area contributed by atoms with Crippen molar-refractivity contribution in [2.45, 2.75) is 44.6 Å². The van der Waals surface area contributed by atoms with E-state index in [1.807, 2.05) is 6.07 Å². The van der Waals surface area contributed by atoms with Crippen molar-refractivity contribution < 1.29 is 14.2 Å². The Morgan fingerprint density at radius 3 is 2.55 bits per heavy atom. The molecule has 1 fully saturated rings. The van der Waals surface area contributed by atoms with Crippen LogP contribution in [-0.4, -0.2) is 50.5 Å². The van der Waals surface area contributed by atoms with E-state index in [0.29, 0.717) is 19.4 Å². The molecule has 0 aromatic heterocycles. The van der Waals surface area contributed by atoms with Crippen LogP contribution in [0.1, 0.15) is 44.2 Å². The molecule has 4 aliphatic heterocycles. The predicted molar refractivity (Wildman–Crippen MR) is 122 cm³/mol. The van der Waals surface area contributed by atoms with Gasteiger partial charge in [-0.05, 0) is 69.8 Å². The molecule has 0 amide bonds. The third-order valence-corrected chi connectivity index (χ3v) is 7.87. The van der Waals surface area contributed by atoms with Crippen LogP contribution < -0.4 is 19.1 Å². The maximum atomic E-state index is 6.23. The number of ether oxygens (including phenoxy) is 3. The van der Waals surface area contributed by atoms with Crippen LogP contribution >= 0.6 is 0 Å². The average Bonchev–Trinajstić information content (AvgIpc) is 3.48. The maximum Gasteiger partial charge on any atom is 0.231 e. The zero-order valence-electron chi connectivity index (χ0n) is 18.6. The summed E-state index contributed by atoms with van der Waals surface area (Å²) in [4.78, 5) is 5.22. The molecule has 4 heterocycles. The van der Waals surface area contributed by atoms with Gasteiger partial charge in [-0.15, -0.1) is 0 Å². The van der Waals surface area contributed by atoms with Crippen molar-refractivity contribution in [3.05, 3.63) is 47.5 Å². The molecule has 5 heteroatoms. The van der Waals surface area contributed by atoms with E-state index in [4.69, 9.17) is 14.2 Å². The van der Waals surface area contributed by atoms with Gasteiger partial charge in [0.2, 0.25) is 6.79 Å². The number of nitrogens with zero attached hydrogens (tertiary/aromatic N) is 2. The van der Waals surface area contributed by atoms with Gasteiger partial charge in [-0.25, -0.2) is 0 Å². The molecule has 5 nitrogen and oxygen atoms in total. The molecule has 4 aliphatic rings. The molecule has 1 unspecified atom stereocenters. The van der Waals surface area contributed by atoms with Gasteiger partial charge in [0.05, 0.1) is 5.41 Å². The van der Waals surface area contributed by atoms with Crippen molar-refractivity contribution in [3.63, 3.8) is 0 Å². The first-order valence-electron chi connectivity index (χ1n) is 11.8. The highest BCUT2D eigenvalue weighted by molar-refractivity contribution is 5.70. The summed E-state index contributed by atoms with van der Waals surface area (Å²) in [7, 11) is 0. The topological polar surface area (TPSA) is 34.2 Å². The molecule has 0 aliphatic carbocycles. The Morgan fingerprint density at radius 1 is 0.968 bits per heavy atom. The number of benzene rings is 2. The van der Waals surface area contributed by atoms with Crippen LogP contribution in [0, 0.1) is 5.92 Å². The fourth-order valence-corrected chi connectivity index (χ4v) is 6.00. The number of para-hydroxylation sites is 1. The minimum Gasteiger partial charge on any atom is -0.492 e. The lowest BCUT2D eigenvalue weighted by molar-refractivity contribution is 0.146. The van der Waals surface area contributed by atoms with Crippen molar-refractivity contribution in [2.75, 3.05) is 44.5 Å². The summed E-state index contributed by atoms with van der Waals surface area (Å²) in [5.41, 5.74) is 3.89. The van der Waals surface area contributed by atoms with E-state index in [1.165, 1.54) is 49.2 Å². The molecular weight excluding hydrogens is 388 g/mol. The number of piperidine rings is 1. The molecule has 1 atom stereocenters. The highest BCUT2D eigenvalue weighted by atomic mass is 16.7. The molecular formula is C26H32N2O3. The Labute approximate surface area is 184 Å². The third kappa shape index (κ3) is 3.08. The molecule has 164 valence electrons. The quantitative estimate of drug-likeness (QED) is 0.731. The van der Waals surface area contributed by atoms with Crippen LogP contribution in [0.3, 0.4) is 0 Å². The minimum atomic E-state index is -0.117. The van der Waals surface area contributed by atoms with Gasteiger partial charge in [0, 0.05) is 36.4 Å². The lowest BCUT2D eigenvalue weighted by Gasteiger charge is -2.35. The smallest absolute Gasteiger partial charge is 0.231 e. The number of fused-ring (bicyclic) bond motifs is 5.